The minimum absolute atomic E-state index is 0.0549. The van der Waals surface area contributed by atoms with Crippen molar-refractivity contribution in [1.82, 2.24) is 14.7 Å². The number of ether oxygens (including phenoxy) is 1. The number of carbonyl (C=O) groups is 4. The molecule has 0 bridgehead atoms. The lowest BCUT2D eigenvalue weighted by molar-refractivity contribution is -0.788. The van der Waals surface area contributed by atoms with E-state index >= 15 is 0 Å². The van der Waals surface area contributed by atoms with Gasteiger partial charge in [-0.05, 0) is 30.9 Å². The van der Waals surface area contributed by atoms with Gasteiger partial charge in [-0.2, -0.15) is 14.1 Å². The van der Waals surface area contributed by atoms with Crippen molar-refractivity contribution >= 4 is 23.8 Å². The summed E-state index contributed by atoms with van der Waals surface area (Å²) in [5, 5.41) is 3.76. The average molecular weight is 567 g/mol. The zero-order valence-electron chi connectivity index (χ0n) is 23.2. The van der Waals surface area contributed by atoms with Crippen molar-refractivity contribution < 1.29 is 41.6 Å². The maximum atomic E-state index is 14.3. The van der Waals surface area contributed by atoms with Gasteiger partial charge in [-0.1, -0.05) is 27.7 Å². The third-order valence-corrected chi connectivity index (χ3v) is 7.28. The molecule has 14 heteroatoms. The Kier molecular flexibility index (Phi) is 9.04. The van der Waals surface area contributed by atoms with Crippen molar-refractivity contribution in [3.8, 4) is 5.69 Å². The Morgan fingerprint density at radius 1 is 1.18 bits per heavy atom. The monoisotopic (exact) mass is 566 g/mol. The summed E-state index contributed by atoms with van der Waals surface area (Å²) in [5.74, 6) is -6.91. The average Bonchev–Trinajstić information content (AvgIpc) is 3.47. The number of ketones is 1. The fourth-order valence-corrected chi connectivity index (χ4v) is 4.96. The number of hydrogen-bond donors (Lipinski definition) is 1. The van der Waals surface area contributed by atoms with Crippen LogP contribution in [0.25, 0.3) is 5.69 Å². The SMILES string of the molecule is COC(=O)N(C(=O)[N+]1(C(=O)[C@@H](N)C(C)C)CCC[C@H]1C)[C@H](C(=O)c1nn(-c2ccc(F)cc2F)c(=O)o1)C(C)C. The number of halogens is 2. The fourth-order valence-electron chi connectivity index (χ4n) is 4.96. The van der Waals surface area contributed by atoms with Crippen molar-refractivity contribution in [2.45, 2.75) is 65.6 Å². The number of hydrogen-bond acceptors (Lipinski definition) is 9. The van der Waals surface area contributed by atoms with E-state index in [1.54, 1.807) is 20.8 Å². The van der Waals surface area contributed by atoms with Crippen LogP contribution in [-0.2, 0) is 9.53 Å². The molecule has 218 valence electrons. The zero-order chi connectivity index (χ0) is 30.1. The predicted octanol–water partition coefficient (Wildman–Crippen LogP) is 3.01. The van der Waals surface area contributed by atoms with Gasteiger partial charge >= 0.3 is 23.8 Å². The lowest BCUT2D eigenvalue weighted by atomic mass is 9.97. The summed E-state index contributed by atoms with van der Waals surface area (Å²) in [6.07, 6.45) is -0.243. The van der Waals surface area contributed by atoms with Gasteiger partial charge in [0.1, 0.15) is 29.6 Å². The molecule has 1 unspecified atom stereocenters. The maximum Gasteiger partial charge on any atom is 0.442 e. The van der Waals surface area contributed by atoms with E-state index in [0.29, 0.717) is 28.5 Å². The number of imide groups is 2. The number of Topliss-reactive ketones (excluding diaryl/α,β-unsaturated/α-hetero) is 1. The van der Waals surface area contributed by atoms with Crippen molar-refractivity contribution in [1.29, 1.82) is 0 Å². The summed E-state index contributed by atoms with van der Waals surface area (Å²) in [6.45, 7) is 8.25. The summed E-state index contributed by atoms with van der Waals surface area (Å²) in [7, 11) is 1.01. The van der Waals surface area contributed by atoms with E-state index in [1.807, 2.05) is 0 Å². The van der Waals surface area contributed by atoms with Gasteiger partial charge in [0.05, 0.1) is 13.7 Å². The Bertz CT molecular complexity index is 1370. The van der Waals surface area contributed by atoms with Gasteiger partial charge in [0.15, 0.2) is 5.82 Å². The van der Waals surface area contributed by atoms with Gasteiger partial charge in [-0.3, -0.25) is 4.79 Å². The van der Waals surface area contributed by atoms with Crippen LogP contribution in [0.5, 0.6) is 0 Å². The van der Waals surface area contributed by atoms with Gasteiger partial charge in [0, 0.05) is 18.9 Å². The zero-order valence-corrected chi connectivity index (χ0v) is 23.2. The summed E-state index contributed by atoms with van der Waals surface area (Å²) in [5.41, 5.74) is 5.69. The highest BCUT2D eigenvalue weighted by molar-refractivity contribution is 6.03. The molecule has 1 aliphatic heterocycles. The number of methoxy groups -OCH3 is 1. The predicted molar refractivity (Wildman–Crippen MR) is 136 cm³/mol. The molecule has 4 amide bonds. The number of rotatable bonds is 7. The standard InChI is InChI=1S/C26H34F2N5O7/c1-13(2)19(29)23(35)33(11-7-8-15(33)5)24(36)31(25(37)39-6)20(14(3)4)21(34)22-30-32(26(38)40-22)18-10-9-16(27)12-17(18)28/h9-10,12-15,19-20H,7-8,11,29H2,1-6H3/q+1/t15-,19+,20+,33?/m1/s1. The number of amides is 4. The van der Waals surface area contributed by atoms with Gasteiger partial charge in [-0.15, -0.1) is 5.10 Å². The van der Waals surface area contributed by atoms with E-state index in [9.17, 15) is 32.8 Å². The number of aromatic nitrogens is 2. The number of benzene rings is 1. The van der Waals surface area contributed by atoms with Crippen LogP contribution in [0.15, 0.2) is 27.4 Å². The van der Waals surface area contributed by atoms with E-state index in [4.69, 9.17) is 14.9 Å². The van der Waals surface area contributed by atoms with Crippen molar-refractivity contribution in [3.05, 3.63) is 46.3 Å². The summed E-state index contributed by atoms with van der Waals surface area (Å²) in [6, 6.07) is -1.89. The molecule has 1 aromatic carbocycles. The summed E-state index contributed by atoms with van der Waals surface area (Å²) >= 11 is 0. The van der Waals surface area contributed by atoms with Crippen LogP contribution in [0.1, 0.15) is 58.1 Å². The van der Waals surface area contributed by atoms with E-state index < -0.39 is 81.3 Å². The largest absolute Gasteiger partial charge is 0.452 e. The number of likely N-dealkylation sites (tertiary alicyclic amines) is 1. The van der Waals surface area contributed by atoms with Crippen LogP contribution in [-0.4, -0.2) is 74.8 Å². The van der Waals surface area contributed by atoms with Crippen LogP contribution in [0.2, 0.25) is 0 Å². The van der Waals surface area contributed by atoms with Gasteiger partial charge in [0.25, 0.3) is 5.89 Å². The molecular weight excluding hydrogens is 532 g/mol. The highest BCUT2D eigenvalue weighted by atomic mass is 19.1. The van der Waals surface area contributed by atoms with Gasteiger partial charge in [-0.25, -0.2) is 28.0 Å². The summed E-state index contributed by atoms with van der Waals surface area (Å²) < 4.78 is 37.2. The molecule has 2 aromatic rings. The second kappa shape index (κ2) is 11.8. The molecule has 4 atom stereocenters. The first-order valence-electron chi connectivity index (χ1n) is 12.9. The Balaban J connectivity index is 2.13. The smallest absolute Gasteiger partial charge is 0.442 e. The van der Waals surface area contributed by atoms with Gasteiger partial charge in [0.2, 0.25) is 5.78 Å². The van der Waals surface area contributed by atoms with E-state index in [2.05, 4.69) is 5.10 Å². The number of quaternary nitrogens is 1. The van der Waals surface area contributed by atoms with Crippen molar-refractivity contribution in [3.63, 3.8) is 0 Å². The highest BCUT2D eigenvalue weighted by Gasteiger charge is 2.59. The minimum atomic E-state index is -1.63. The highest BCUT2D eigenvalue weighted by Crippen LogP contribution is 2.33. The number of urea groups is 1. The quantitative estimate of drug-likeness (QED) is 0.393. The summed E-state index contributed by atoms with van der Waals surface area (Å²) in [4.78, 5) is 67.8. The second-order valence-corrected chi connectivity index (χ2v) is 10.5. The van der Waals surface area contributed by atoms with Crippen LogP contribution in [0, 0.1) is 23.5 Å². The molecule has 3 rings (SSSR count). The second-order valence-electron chi connectivity index (χ2n) is 10.5. The lowest BCUT2D eigenvalue weighted by Gasteiger charge is -2.40. The van der Waals surface area contributed by atoms with Crippen LogP contribution >= 0.6 is 0 Å². The third kappa shape index (κ3) is 5.32. The van der Waals surface area contributed by atoms with E-state index in [-0.39, 0.29) is 12.5 Å². The van der Waals surface area contributed by atoms with Crippen LogP contribution in [0.3, 0.4) is 0 Å². The Morgan fingerprint density at radius 2 is 1.82 bits per heavy atom. The Hall–Kier alpha value is -3.78. The third-order valence-electron chi connectivity index (χ3n) is 7.28. The number of nitrogens with zero attached hydrogens (tertiary/aromatic N) is 4. The fraction of sp³-hybridized carbons (Fsp3) is 0.538. The molecule has 1 saturated heterocycles. The minimum Gasteiger partial charge on any atom is -0.452 e. The molecular formula is C26H34F2N5O7+. The molecule has 2 heterocycles. The Morgan fingerprint density at radius 3 is 2.33 bits per heavy atom. The first-order valence-corrected chi connectivity index (χ1v) is 12.9. The normalized spacial score (nSPS) is 20.4. The molecule has 1 aliphatic rings. The van der Waals surface area contributed by atoms with Crippen molar-refractivity contribution in [2.75, 3.05) is 13.7 Å². The number of nitrogens with two attached hydrogens (primary N) is 1. The first kappa shape index (κ1) is 30.8. The molecule has 2 N–H and O–H groups in total. The van der Waals surface area contributed by atoms with Crippen LogP contribution < -0.4 is 11.5 Å². The molecule has 0 spiro atoms. The van der Waals surface area contributed by atoms with E-state index in [0.717, 1.165) is 19.2 Å². The Labute approximate surface area is 229 Å². The molecule has 0 saturated carbocycles. The molecule has 12 nitrogen and oxygen atoms in total. The molecule has 40 heavy (non-hydrogen) atoms. The topological polar surface area (TPSA) is 155 Å². The lowest BCUT2D eigenvalue weighted by Crippen LogP contribution is -2.70. The van der Waals surface area contributed by atoms with Crippen LogP contribution in [0.4, 0.5) is 18.4 Å². The number of carbonyl (C=O) groups excluding carboxylic acids is 4. The van der Waals surface area contributed by atoms with Gasteiger partial charge < -0.3 is 14.9 Å². The molecule has 0 radical (unpaired) electrons. The molecule has 0 aliphatic carbocycles. The molecule has 1 fully saturated rings. The van der Waals surface area contributed by atoms with Crippen molar-refractivity contribution in [2.24, 2.45) is 17.6 Å². The first-order chi connectivity index (χ1) is 18.7. The molecule has 1 aromatic heterocycles. The van der Waals surface area contributed by atoms with E-state index in [1.165, 1.54) is 13.8 Å². The maximum absolute atomic E-state index is 14.3.